The Labute approximate surface area is 183 Å². The van der Waals surface area contributed by atoms with Gasteiger partial charge in [0.15, 0.2) is 0 Å². The number of hydrogen-bond acceptors (Lipinski definition) is 4. The van der Waals surface area contributed by atoms with E-state index in [4.69, 9.17) is 9.47 Å². The lowest BCUT2D eigenvalue weighted by molar-refractivity contribution is -0.158. The van der Waals surface area contributed by atoms with Gasteiger partial charge < -0.3 is 14.4 Å². The van der Waals surface area contributed by atoms with E-state index in [0.717, 1.165) is 11.1 Å². The second kappa shape index (κ2) is 8.96. The zero-order valence-corrected chi connectivity index (χ0v) is 18.2. The van der Waals surface area contributed by atoms with Crippen LogP contribution in [0.2, 0.25) is 0 Å². The fraction of sp³-hybridized carbons (Fsp3) is 0.385. The number of nitrogens with zero attached hydrogens (tertiary/aromatic N) is 1. The lowest BCUT2D eigenvalue weighted by Crippen LogP contribution is -2.47. The third kappa shape index (κ3) is 4.09. The summed E-state index contributed by atoms with van der Waals surface area (Å²) in [7, 11) is 0. The molecule has 5 heteroatoms. The normalized spacial score (nSPS) is 25.1. The Morgan fingerprint density at radius 1 is 1.06 bits per heavy atom. The Kier molecular flexibility index (Phi) is 6.12. The molecule has 1 saturated heterocycles. The van der Waals surface area contributed by atoms with E-state index < -0.39 is 18.0 Å². The molecule has 2 aliphatic heterocycles. The Bertz CT molecular complexity index is 954. The molecular formula is C26H29NO4. The lowest BCUT2D eigenvalue weighted by Gasteiger charge is -2.37. The third-order valence-electron chi connectivity index (χ3n) is 6.13. The van der Waals surface area contributed by atoms with Crippen LogP contribution in [0, 0.1) is 17.8 Å². The number of benzene rings is 2. The van der Waals surface area contributed by atoms with Gasteiger partial charge in [-0.2, -0.15) is 0 Å². The Morgan fingerprint density at radius 3 is 2.32 bits per heavy atom. The standard InChI is InChI=1S/C26H29NO4/c1-4-30-26(29)24-22-20(15-21(31-24)19-13-9-6-10-14-19)25(28)27(23(22)17(2)3)16-18-11-7-5-8-12-18/h5-15,17,20,22-24H,4,16H2,1-3H3/t20-,22+,23-,24-/m0/s1. The first-order chi connectivity index (χ1) is 15.0. The molecule has 162 valence electrons. The van der Waals surface area contributed by atoms with Crippen LogP contribution in [0.15, 0.2) is 66.7 Å². The van der Waals surface area contributed by atoms with Gasteiger partial charge in [-0.15, -0.1) is 0 Å². The van der Waals surface area contributed by atoms with Crippen molar-refractivity contribution >= 4 is 17.6 Å². The van der Waals surface area contributed by atoms with Gasteiger partial charge in [0, 0.05) is 24.1 Å². The van der Waals surface area contributed by atoms with Crippen LogP contribution in [0.5, 0.6) is 0 Å². The van der Waals surface area contributed by atoms with Crippen molar-refractivity contribution < 1.29 is 19.1 Å². The first kappa shape index (κ1) is 21.2. The summed E-state index contributed by atoms with van der Waals surface area (Å²) in [5.74, 6) is -0.345. The first-order valence-corrected chi connectivity index (χ1v) is 11.0. The molecule has 0 saturated carbocycles. The van der Waals surface area contributed by atoms with Crippen LogP contribution < -0.4 is 0 Å². The summed E-state index contributed by atoms with van der Waals surface area (Å²) in [4.78, 5) is 28.5. The van der Waals surface area contributed by atoms with Gasteiger partial charge in [-0.1, -0.05) is 74.5 Å². The molecule has 31 heavy (non-hydrogen) atoms. The van der Waals surface area contributed by atoms with Gasteiger partial charge >= 0.3 is 5.97 Å². The second-order valence-corrected chi connectivity index (χ2v) is 8.48. The van der Waals surface area contributed by atoms with Crippen LogP contribution in [-0.2, 0) is 25.6 Å². The highest BCUT2D eigenvalue weighted by Gasteiger charge is 2.56. The van der Waals surface area contributed by atoms with Crippen molar-refractivity contribution in [3.05, 3.63) is 77.9 Å². The average Bonchev–Trinajstić information content (AvgIpc) is 3.06. The van der Waals surface area contributed by atoms with Crippen LogP contribution in [0.25, 0.3) is 5.76 Å². The van der Waals surface area contributed by atoms with E-state index in [-0.39, 0.29) is 30.4 Å². The molecule has 2 aliphatic rings. The molecule has 2 aromatic rings. The highest BCUT2D eigenvalue weighted by Crippen LogP contribution is 2.45. The predicted molar refractivity (Wildman–Crippen MR) is 119 cm³/mol. The average molecular weight is 420 g/mol. The van der Waals surface area contributed by atoms with E-state index in [2.05, 4.69) is 13.8 Å². The fourth-order valence-electron chi connectivity index (χ4n) is 4.85. The minimum Gasteiger partial charge on any atom is -0.478 e. The predicted octanol–water partition coefficient (Wildman–Crippen LogP) is 4.29. The minimum atomic E-state index is -0.817. The summed E-state index contributed by atoms with van der Waals surface area (Å²) in [6, 6.07) is 19.5. The smallest absolute Gasteiger partial charge is 0.347 e. The second-order valence-electron chi connectivity index (χ2n) is 8.48. The number of rotatable bonds is 6. The Morgan fingerprint density at radius 2 is 1.71 bits per heavy atom. The molecule has 0 bridgehead atoms. The number of hydrogen-bond donors (Lipinski definition) is 0. The molecule has 2 heterocycles. The SMILES string of the molecule is CCOC(=O)[C@H]1OC(c2ccccc2)=C[C@@H]2C(=O)N(Cc3ccccc3)[C@@H](C(C)C)[C@@H]21. The van der Waals surface area contributed by atoms with Gasteiger partial charge in [0.25, 0.3) is 0 Å². The highest BCUT2D eigenvalue weighted by molar-refractivity contribution is 5.89. The van der Waals surface area contributed by atoms with E-state index in [0.29, 0.717) is 12.3 Å². The Hall–Kier alpha value is -3.08. The summed E-state index contributed by atoms with van der Waals surface area (Å²) < 4.78 is 11.6. The quantitative estimate of drug-likeness (QED) is 0.656. The van der Waals surface area contributed by atoms with E-state index in [9.17, 15) is 9.59 Å². The summed E-state index contributed by atoms with van der Waals surface area (Å²) >= 11 is 0. The molecule has 0 aromatic heterocycles. The number of esters is 1. The summed E-state index contributed by atoms with van der Waals surface area (Å²) in [6.45, 7) is 6.76. The van der Waals surface area contributed by atoms with Crippen molar-refractivity contribution in [3.8, 4) is 0 Å². The van der Waals surface area contributed by atoms with Crippen LogP contribution >= 0.6 is 0 Å². The van der Waals surface area contributed by atoms with Crippen molar-refractivity contribution in [2.45, 2.75) is 39.5 Å². The molecule has 5 nitrogen and oxygen atoms in total. The minimum absolute atomic E-state index is 0.0404. The third-order valence-corrected chi connectivity index (χ3v) is 6.13. The number of carbonyl (C=O) groups excluding carboxylic acids is 2. The van der Waals surface area contributed by atoms with E-state index >= 15 is 0 Å². The van der Waals surface area contributed by atoms with Crippen LogP contribution in [-0.4, -0.2) is 35.5 Å². The topological polar surface area (TPSA) is 55.8 Å². The molecule has 0 aliphatic carbocycles. The maximum Gasteiger partial charge on any atom is 0.347 e. The molecular weight excluding hydrogens is 390 g/mol. The van der Waals surface area contributed by atoms with Crippen molar-refractivity contribution in [1.29, 1.82) is 0 Å². The molecule has 0 radical (unpaired) electrons. The molecule has 4 rings (SSSR count). The Balaban J connectivity index is 1.75. The maximum absolute atomic E-state index is 13.6. The largest absolute Gasteiger partial charge is 0.478 e. The molecule has 1 fully saturated rings. The molecule has 0 spiro atoms. The summed E-state index contributed by atoms with van der Waals surface area (Å²) in [6.07, 6.45) is 1.08. The van der Waals surface area contributed by atoms with Gasteiger partial charge in [0.05, 0.1) is 12.5 Å². The zero-order chi connectivity index (χ0) is 22.0. The van der Waals surface area contributed by atoms with Gasteiger partial charge in [-0.25, -0.2) is 4.79 Å². The molecule has 2 aromatic carbocycles. The van der Waals surface area contributed by atoms with Gasteiger partial charge in [0.1, 0.15) is 5.76 Å². The maximum atomic E-state index is 13.6. The fourth-order valence-corrected chi connectivity index (χ4v) is 4.85. The number of carbonyl (C=O) groups is 2. The van der Waals surface area contributed by atoms with Crippen LogP contribution in [0.3, 0.4) is 0 Å². The summed E-state index contributed by atoms with van der Waals surface area (Å²) in [5.41, 5.74) is 1.92. The zero-order valence-electron chi connectivity index (χ0n) is 18.2. The number of ether oxygens (including phenoxy) is 2. The van der Waals surface area contributed by atoms with Crippen molar-refractivity contribution in [1.82, 2.24) is 4.90 Å². The number of amides is 1. The number of likely N-dealkylation sites (tertiary alicyclic amines) is 1. The molecule has 0 N–H and O–H groups in total. The molecule has 0 unspecified atom stereocenters. The van der Waals surface area contributed by atoms with Gasteiger partial charge in [-0.3, -0.25) is 4.79 Å². The van der Waals surface area contributed by atoms with E-state index in [1.807, 2.05) is 71.6 Å². The van der Waals surface area contributed by atoms with Gasteiger partial charge in [0.2, 0.25) is 12.0 Å². The highest BCUT2D eigenvalue weighted by atomic mass is 16.6. The number of fused-ring (bicyclic) bond motifs is 1. The first-order valence-electron chi connectivity index (χ1n) is 11.0. The molecule has 1 amide bonds. The lowest BCUT2D eigenvalue weighted by atomic mass is 9.78. The van der Waals surface area contributed by atoms with Crippen molar-refractivity contribution in [3.63, 3.8) is 0 Å². The van der Waals surface area contributed by atoms with Crippen molar-refractivity contribution in [2.24, 2.45) is 17.8 Å². The van der Waals surface area contributed by atoms with Gasteiger partial charge in [-0.05, 0) is 24.5 Å². The van der Waals surface area contributed by atoms with Crippen molar-refractivity contribution in [2.75, 3.05) is 6.61 Å². The monoisotopic (exact) mass is 419 g/mol. The van der Waals surface area contributed by atoms with Crippen LogP contribution in [0.4, 0.5) is 0 Å². The van der Waals surface area contributed by atoms with E-state index in [1.165, 1.54) is 0 Å². The summed E-state index contributed by atoms with van der Waals surface area (Å²) in [5, 5.41) is 0. The molecule has 4 atom stereocenters. The van der Waals surface area contributed by atoms with Crippen LogP contribution in [0.1, 0.15) is 31.9 Å². The van der Waals surface area contributed by atoms with E-state index in [1.54, 1.807) is 6.92 Å².